The van der Waals surface area contributed by atoms with Crippen LogP contribution in [-0.2, 0) is 4.74 Å². The molecule has 0 radical (unpaired) electrons. The van der Waals surface area contributed by atoms with E-state index in [-0.39, 0.29) is 19.1 Å². The van der Waals surface area contributed by atoms with E-state index in [0.717, 1.165) is 4.88 Å². The summed E-state index contributed by atoms with van der Waals surface area (Å²) in [5.41, 5.74) is 0.420. The highest BCUT2D eigenvalue weighted by molar-refractivity contribution is 7.14. The molecule has 0 aromatic carbocycles. The highest BCUT2D eigenvalue weighted by Crippen LogP contribution is 2.26. The van der Waals surface area contributed by atoms with Gasteiger partial charge in [-0.2, -0.15) is 0 Å². The van der Waals surface area contributed by atoms with Crippen LogP contribution in [0.25, 0.3) is 0 Å². The number of aliphatic hydroxyl groups is 1. The van der Waals surface area contributed by atoms with Gasteiger partial charge in [0.05, 0.1) is 18.4 Å². The normalized spacial score (nSPS) is 11.8. The molecule has 106 valence electrons. The lowest BCUT2D eigenvalue weighted by Crippen LogP contribution is -2.30. The van der Waals surface area contributed by atoms with Crippen molar-refractivity contribution in [3.05, 3.63) is 15.8 Å². The van der Waals surface area contributed by atoms with E-state index in [1.165, 1.54) is 11.3 Å². The van der Waals surface area contributed by atoms with Crippen molar-refractivity contribution in [1.82, 2.24) is 5.32 Å². The first-order valence-electron chi connectivity index (χ1n) is 5.94. The fraction of sp³-hybridized carbons (Fsp3) is 0.500. The predicted molar refractivity (Wildman–Crippen MR) is 73.7 cm³/mol. The van der Waals surface area contributed by atoms with E-state index in [2.05, 4.69) is 10.6 Å². The Balaban J connectivity index is 2.77. The smallest absolute Gasteiger partial charge is 0.411 e. The average Bonchev–Trinajstić information content (AvgIpc) is 2.67. The third-order valence-electron chi connectivity index (χ3n) is 2.13. The zero-order valence-electron chi connectivity index (χ0n) is 11.1. The number of aryl methyl sites for hydroxylation is 1. The Morgan fingerprint density at radius 2 is 2.21 bits per heavy atom. The lowest BCUT2D eigenvalue weighted by Gasteiger charge is -2.08. The summed E-state index contributed by atoms with van der Waals surface area (Å²) >= 11 is 1.27. The van der Waals surface area contributed by atoms with Crippen LogP contribution in [0.1, 0.15) is 28.4 Å². The van der Waals surface area contributed by atoms with Gasteiger partial charge in [-0.1, -0.05) is 0 Å². The van der Waals surface area contributed by atoms with Gasteiger partial charge in [0.25, 0.3) is 5.91 Å². The van der Waals surface area contributed by atoms with Crippen LogP contribution in [0.2, 0.25) is 0 Å². The largest absolute Gasteiger partial charge is 0.450 e. The number of aliphatic hydroxyl groups excluding tert-OH is 1. The van der Waals surface area contributed by atoms with Crippen LogP contribution in [0.5, 0.6) is 0 Å². The minimum absolute atomic E-state index is 0.161. The van der Waals surface area contributed by atoms with Crippen LogP contribution >= 0.6 is 11.3 Å². The maximum absolute atomic E-state index is 11.9. The SMILES string of the molecule is CCOC(=O)Nc1cc(C)sc1C(=O)NCC(C)O. The Morgan fingerprint density at radius 1 is 1.53 bits per heavy atom. The molecule has 19 heavy (non-hydrogen) atoms. The molecule has 2 amide bonds. The number of carbonyl (C=O) groups is 2. The molecule has 0 saturated heterocycles. The summed E-state index contributed by atoms with van der Waals surface area (Å²) in [4.78, 5) is 24.6. The third kappa shape index (κ3) is 4.88. The van der Waals surface area contributed by atoms with Gasteiger partial charge >= 0.3 is 6.09 Å². The fourth-order valence-electron chi connectivity index (χ4n) is 1.37. The molecule has 0 saturated carbocycles. The highest BCUT2D eigenvalue weighted by atomic mass is 32.1. The number of carbonyl (C=O) groups excluding carboxylic acids is 2. The van der Waals surface area contributed by atoms with E-state index in [4.69, 9.17) is 9.84 Å². The maximum atomic E-state index is 11.9. The zero-order valence-corrected chi connectivity index (χ0v) is 12.0. The van der Waals surface area contributed by atoms with Crippen LogP contribution in [0.15, 0.2) is 6.07 Å². The molecule has 7 heteroatoms. The molecule has 0 aliphatic rings. The third-order valence-corrected chi connectivity index (χ3v) is 3.18. The van der Waals surface area contributed by atoms with Gasteiger partial charge in [-0.05, 0) is 26.8 Å². The molecule has 0 aliphatic carbocycles. The van der Waals surface area contributed by atoms with Crippen molar-refractivity contribution in [2.24, 2.45) is 0 Å². The van der Waals surface area contributed by atoms with Crippen LogP contribution in [0.4, 0.5) is 10.5 Å². The Kier molecular flexibility index (Phi) is 5.78. The topological polar surface area (TPSA) is 87.7 Å². The molecule has 0 spiro atoms. The van der Waals surface area contributed by atoms with Gasteiger partial charge in [0, 0.05) is 11.4 Å². The molecule has 6 nitrogen and oxygen atoms in total. The number of anilines is 1. The summed E-state index contributed by atoms with van der Waals surface area (Å²) in [6, 6.07) is 1.71. The first-order valence-corrected chi connectivity index (χ1v) is 6.76. The first-order chi connectivity index (χ1) is 8.93. The summed E-state index contributed by atoms with van der Waals surface area (Å²) in [7, 11) is 0. The van der Waals surface area contributed by atoms with Crippen LogP contribution in [0, 0.1) is 6.92 Å². The van der Waals surface area contributed by atoms with E-state index >= 15 is 0 Å². The second-order valence-corrected chi connectivity index (χ2v) is 5.26. The first kappa shape index (κ1) is 15.5. The molecule has 0 fully saturated rings. The van der Waals surface area contributed by atoms with Crippen molar-refractivity contribution in [3.63, 3.8) is 0 Å². The predicted octanol–water partition coefficient (Wildman–Crippen LogP) is 1.74. The monoisotopic (exact) mass is 286 g/mol. The lowest BCUT2D eigenvalue weighted by atomic mass is 10.3. The standard InChI is InChI=1S/C12H18N2O4S/c1-4-18-12(17)14-9-5-8(3)19-10(9)11(16)13-6-7(2)15/h5,7,15H,4,6H2,1-3H3,(H,13,16)(H,14,17). The Hall–Kier alpha value is -1.60. The maximum Gasteiger partial charge on any atom is 0.411 e. The van der Waals surface area contributed by atoms with Crippen molar-refractivity contribution < 1.29 is 19.4 Å². The number of hydrogen-bond acceptors (Lipinski definition) is 5. The number of hydrogen-bond donors (Lipinski definition) is 3. The van der Waals surface area contributed by atoms with E-state index in [9.17, 15) is 9.59 Å². The number of nitrogens with one attached hydrogen (secondary N) is 2. The van der Waals surface area contributed by atoms with Crippen molar-refractivity contribution in [3.8, 4) is 0 Å². The van der Waals surface area contributed by atoms with Crippen molar-refractivity contribution in [2.75, 3.05) is 18.5 Å². The summed E-state index contributed by atoms with van der Waals surface area (Å²) in [5.74, 6) is -0.328. The lowest BCUT2D eigenvalue weighted by molar-refractivity contribution is 0.0929. The number of rotatable bonds is 5. The second kappa shape index (κ2) is 7.10. The van der Waals surface area contributed by atoms with Crippen LogP contribution in [0.3, 0.4) is 0 Å². The molecular weight excluding hydrogens is 268 g/mol. The van der Waals surface area contributed by atoms with Gasteiger partial charge in [0.1, 0.15) is 4.88 Å². The molecule has 3 N–H and O–H groups in total. The van der Waals surface area contributed by atoms with E-state index in [1.54, 1.807) is 19.9 Å². The quantitative estimate of drug-likeness (QED) is 0.769. The minimum atomic E-state index is -0.619. The number of thiophene rings is 1. The van der Waals surface area contributed by atoms with Crippen molar-refractivity contribution >= 4 is 29.0 Å². The molecule has 1 atom stereocenters. The van der Waals surface area contributed by atoms with Crippen LogP contribution < -0.4 is 10.6 Å². The number of amides is 2. The molecule has 1 unspecified atom stereocenters. The van der Waals surface area contributed by atoms with Gasteiger partial charge in [-0.15, -0.1) is 11.3 Å². The summed E-state index contributed by atoms with van der Waals surface area (Å²) in [5, 5.41) is 14.3. The van der Waals surface area contributed by atoms with E-state index < -0.39 is 12.2 Å². The highest BCUT2D eigenvalue weighted by Gasteiger charge is 2.17. The molecule has 1 heterocycles. The summed E-state index contributed by atoms with van der Waals surface area (Å²) in [6.45, 7) is 5.55. The number of ether oxygens (including phenoxy) is 1. The van der Waals surface area contributed by atoms with Gasteiger partial charge in [0.15, 0.2) is 0 Å². The van der Waals surface area contributed by atoms with Crippen LogP contribution in [-0.4, -0.2) is 36.4 Å². The van der Waals surface area contributed by atoms with Gasteiger partial charge < -0.3 is 15.2 Å². The van der Waals surface area contributed by atoms with E-state index in [1.807, 2.05) is 6.92 Å². The molecule has 0 bridgehead atoms. The molecule has 1 aromatic rings. The average molecular weight is 286 g/mol. The fourth-order valence-corrected chi connectivity index (χ4v) is 2.26. The van der Waals surface area contributed by atoms with Gasteiger partial charge in [-0.3, -0.25) is 10.1 Å². The molecule has 1 aromatic heterocycles. The Labute approximate surface area is 115 Å². The van der Waals surface area contributed by atoms with Crippen molar-refractivity contribution in [2.45, 2.75) is 26.9 Å². The molecular formula is C12H18N2O4S. The zero-order chi connectivity index (χ0) is 14.4. The summed E-state index contributed by atoms with van der Waals surface area (Å²) < 4.78 is 4.77. The Morgan fingerprint density at radius 3 is 2.79 bits per heavy atom. The minimum Gasteiger partial charge on any atom is -0.450 e. The van der Waals surface area contributed by atoms with Gasteiger partial charge in [0.2, 0.25) is 0 Å². The molecule has 1 rings (SSSR count). The summed E-state index contributed by atoms with van der Waals surface area (Å²) in [6.07, 6.45) is -1.21. The van der Waals surface area contributed by atoms with E-state index in [0.29, 0.717) is 10.6 Å². The van der Waals surface area contributed by atoms with Crippen molar-refractivity contribution in [1.29, 1.82) is 0 Å². The van der Waals surface area contributed by atoms with Gasteiger partial charge in [-0.25, -0.2) is 4.79 Å². The molecule has 0 aliphatic heterocycles. The second-order valence-electron chi connectivity index (χ2n) is 4.00. The Bertz CT molecular complexity index is 457.